The Bertz CT molecular complexity index is 204. The first-order chi connectivity index (χ1) is 6.28. The average Bonchev–Trinajstić information content (AvgIpc) is 2.79. The molecule has 2 fully saturated rings. The van der Waals surface area contributed by atoms with Crippen molar-refractivity contribution < 1.29 is 0 Å². The van der Waals surface area contributed by atoms with Crippen LogP contribution in [0.2, 0.25) is 0 Å². The summed E-state index contributed by atoms with van der Waals surface area (Å²) < 4.78 is 0. The fourth-order valence-electron chi connectivity index (χ4n) is 1.57. The van der Waals surface area contributed by atoms with Crippen LogP contribution in [0.25, 0.3) is 0 Å². The number of aliphatic imine (C=N–C) groups is 1. The molecule has 1 aliphatic heterocycles. The Kier molecular flexibility index (Phi) is 2.40. The number of nitrogens with one attached hydrogen (secondary N) is 1. The van der Waals surface area contributed by atoms with Gasteiger partial charge < -0.3 is 11.1 Å². The standard InChI is InChI=1S/C9H18N4/c1-2-13-5-8(6-13)12-9(10)11-7-3-4-7/h7-8H,2-6H2,1H3,(H3,10,11,12). The number of likely N-dealkylation sites (tertiary alicyclic amines) is 1. The molecule has 0 atom stereocenters. The van der Waals surface area contributed by atoms with E-state index in [2.05, 4.69) is 22.1 Å². The van der Waals surface area contributed by atoms with Crippen LogP contribution in [0, 0.1) is 0 Å². The quantitative estimate of drug-likeness (QED) is 0.468. The van der Waals surface area contributed by atoms with Gasteiger partial charge in [0.1, 0.15) is 0 Å². The molecule has 1 heterocycles. The molecule has 0 aromatic rings. The largest absolute Gasteiger partial charge is 0.370 e. The minimum atomic E-state index is 0.523. The molecule has 2 aliphatic rings. The van der Waals surface area contributed by atoms with Crippen molar-refractivity contribution in [2.45, 2.75) is 31.8 Å². The smallest absolute Gasteiger partial charge is 0.189 e. The lowest BCUT2D eigenvalue weighted by molar-refractivity contribution is 0.147. The van der Waals surface area contributed by atoms with Gasteiger partial charge in [-0.1, -0.05) is 6.92 Å². The molecule has 4 nitrogen and oxygen atoms in total. The predicted octanol–water partition coefficient (Wildman–Crippen LogP) is -0.243. The van der Waals surface area contributed by atoms with Crippen LogP contribution < -0.4 is 11.1 Å². The maximum Gasteiger partial charge on any atom is 0.189 e. The molecule has 13 heavy (non-hydrogen) atoms. The van der Waals surface area contributed by atoms with Gasteiger partial charge in [0.15, 0.2) is 5.96 Å². The fraction of sp³-hybridized carbons (Fsp3) is 0.889. The Morgan fingerprint density at radius 1 is 1.54 bits per heavy atom. The first-order valence-electron chi connectivity index (χ1n) is 5.10. The molecule has 0 aromatic heterocycles. The lowest BCUT2D eigenvalue weighted by atomic mass is 10.1. The van der Waals surface area contributed by atoms with E-state index in [9.17, 15) is 0 Å². The Morgan fingerprint density at radius 2 is 2.23 bits per heavy atom. The topological polar surface area (TPSA) is 53.6 Å². The van der Waals surface area contributed by atoms with Crippen LogP contribution in [0.15, 0.2) is 4.99 Å². The summed E-state index contributed by atoms with van der Waals surface area (Å²) in [6, 6.07) is 1.05. The molecule has 0 spiro atoms. The lowest BCUT2D eigenvalue weighted by Crippen LogP contribution is -2.60. The Hall–Kier alpha value is -0.770. The Balaban J connectivity index is 1.67. The van der Waals surface area contributed by atoms with Crippen molar-refractivity contribution in [2.75, 3.05) is 19.6 Å². The van der Waals surface area contributed by atoms with Crippen molar-refractivity contribution in [2.24, 2.45) is 10.7 Å². The highest BCUT2D eigenvalue weighted by Gasteiger charge is 2.26. The third-order valence-electron chi connectivity index (χ3n) is 2.62. The van der Waals surface area contributed by atoms with Crippen molar-refractivity contribution >= 4 is 5.96 Å². The van der Waals surface area contributed by atoms with Crippen molar-refractivity contribution in [3.05, 3.63) is 0 Å². The average molecular weight is 182 g/mol. The van der Waals surface area contributed by atoms with Gasteiger partial charge in [0.2, 0.25) is 0 Å². The number of likely N-dealkylation sites (N-methyl/N-ethyl adjacent to an activating group) is 1. The van der Waals surface area contributed by atoms with E-state index in [1.165, 1.54) is 12.8 Å². The summed E-state index contributed by atoms with van der Waals surface area (Å²) in [5, 5.41) is 3.24. The summed E-state index contributed by atoms with van der Waals surface area (Å²) in [5.74, 6) is 0.642. The Morgan fingerprint density at radius 3 is 2.77 bits per heavy atom. The van der Waals surface area contributed by atoms with Gasteiger partial charge in [0.25, 0.3) is 0 Å². The summed E-state index contributed by atoms with van der Waals surface area (Å²) in [5.41, 5.74) is 5.73. The maximum atomic E-state index is 5.73. The zero-order chi connectivity index (χ0) is 9.26. The van der Waals surface area contributed by atoms with Crippen molar-refractivity contribution in [3.63, 3.8) is 0 Å². The van der Waals surface area contributed by atoms with Gasteiger partial charge in [0.05, 0.1) is 12.1 Å². The van der Waals surface area contributed by atoms with Crippen LogP contribution >= 0.6 is 0 Å². The zero-order valence-electron chi connectivity index (χ0n) is 8.16. The van der Waals surface area contributed by atoms with Gasteiger partial charge in [-0.2, -0.15) is 0 Å². The number of rotatable bonds is 3. The summed E-state index contributed by atoms with van der Waals surface area (Å²) in [6.45, 7) is 5.53. The number of hydrogen-bond donors (Lipinski definition) is 2. The van der Waals surface area contributed by atoms with Crippen LogP contribution in [0.1, 0.15) is 19.8 Å². The predicted molar refractivity (Wildman–Crippen MR) is 53.7 cm³/mol. The van der Waals surface area contributed by atoms with Crippen LogP contribution in [0.3, 0.4) is 0 Å². The Labute approximate surface area is 79.2 Å². The summed E-state index contributed by atoms with van der Waals surface area (Å²) in [4.78, 5) is 6.70. The molecule has 3 N–H and O–H groups in total. The van der Waals surface area contributed by atoms with E-state index in [-0.39, 0.29) is 0 Å². The maximum absolute atomic E-state index is 5.73. The van der Waals surface area contributed by atoms with Crippen molar-refractivity contribution in [1.82, 2.24) is 10.2 Å². The second-order valence-electron chi connectivity index (χ2n) is 3.94. The molecule has 4 heteroatoms. The van der Waals surface area contributed by atoms with E-state index in [1.807, 2.05) is 0 Å². The first-order valence-corrected chi connectivity index (χ1v) is 5.10. The third-order valence-corrected chi connectivity index (χ3v) is 2.62. The molecule has 74 valence electrons. The molecule has 0 amide bonds. The molecular weight excluding hydrogens is 164 g/mol. The normalized spacial score (nSPS) is 25.8. The SMILES string of the molecule is CCN1CC(NC(N)=NC2CC2)C1. The second-order valence-corrected chi connectivity index (χ2v) is 3.94. The highest BCUT2D eigenvalue weighted by atomic mass is 15.3. The summed E-state index contributed by atoms with van der Waals surface area (Å²) in [7, 11) is 0. The molecule has 2 rings (SSSR count). The molecule has 0 radical (unpaired) electrons. The van der Waals surface area contributed by atoms with E-state index >= 15 is 0 Å². The van der Waals surface area contributed by atoms with Crippen LogP contribution in [-0.2, 0) is 0 Å². The van der Waals surface area contributed by atoms with Crippen LogP contribution in [0.4, 0.5) is 0 Å². The van der Waals surface area contributed by atoms with Gasteiger partial charge in [-0.3, -0.25) is 9.89 Å². The molecule has 0 aromatic carbocycles. The van der Waals surface area contributed by atoms with Crippen LogP contribution in [-0.4, -0.2) is 42.6 Å². The molecule has 1 saturated carbocycles. The van der Waals surface area contributed by atoms with E-state index in [4.69, 9.17) is 5.73 Å². The number of nitrogens with zero attached hydrogens (tertiary/aromatic N) is 2. The molecule has 1 aliphatic carbocycles. The highest BCUT2D eigenvalue weighted by Crippen LogP contribution is 2.23. The van der Waals surface area contributed by atoms with Gasteiger partial charge >= 0.3 is 0 Å². The monoisotopic (exact) mass is 182 g/mol. The van der Waals surface area contributed by atoms with Gasteiger partial charge in [-0.25, -0.2) is 0 Å². The number of hydrogen-bond acceptors (Lipinski definition) is 2. The minimum absolute atomic E-state index is 0.523. The number of guanidine groups is 1. The van der Waals surface area contributed by atoms with Crippen molar-refractivity contribution in [3.8, 4) is 0 Å². The third kappa shape index (κ3) is 2.34. The minimum Gasteiger partial charge on any atom is -0.370 e. The first kappa shape index (κ1) is 8.81. The lowest BCUT2D eigenvalue weighted by Gasteiger charge is -2.39. The van der Waals surface area contributed by atoms with Crippen LogP contribution in [0.5, 0.6) is 0 Å². The zero-order valence-corrected chi connectivity index (χ0v) is 8.16. The highest BCUT2D eigenvalue weighted by molar-refractivity contribution is 5.78. The van der Waals surface area contributed by atoms with E-state index in [0.29, 0.717) is 18.0 Å². The second kappa shape index (κ2) is 3.54. The van der Waals surface area contributed by atoms with E-state index < -0.39 is 0 Å². The van der Waals surface area contributed by atoms with Gasteiger partial charge in [0, 0.05) is 13.1 Å². The summed E-state index contributed by atoms with van der Waals surface area (Å²) >= 11 is 0. The fourth-order valence-corrected chi connectivity index (χ4v) is 1.57. The molecule has 0 bridgehead atoms. The molecule has 0 unspecified atom stereocenters. The molecular formula is C9H18N4. The van der Waals surface area contributed by atoms with Crippen molar-refractivity contribution in [1.29, 1.82) is 0 Å². The number of nitrogens with two attached hydrogens (primary N) is 1. The summed E-state index contributed by atoms with van der Waals surface area (Å²) in [6.07, 6.45) is 2.43. The van der Waals surface area contributed by atoms with E-state index in [1.54, 1.807) is 0 Å². The molecule has 1 saturated heterocycles. The van der Waals surface area contributed by atoms with Gasteiger partial charge in [-0.05, 0) is 19.4 Å². The van der Waals surface area contributed by atoms with E-state index in [0.717, 1.165) is 19.6 Å². The van der Waals surface area contributed by atoms with Gasteiger partial charge in [-0.15, -0.1) is 0 Å².